The molecule has 2 rings (SSSR count). The number of piperazine rings is 1. The summed E-state index contributed by atoms with van der Waals surface area (Å²) in [6.45, 7) is 4.99. The van der Waals surface area contributed by atoms with Crippen LogP contribution in [0.2, 0.25) is 0 Å². The van der Waals surface area contributed by atoms with Gasteiger partial charge in [0.1, 0.15) is 4.21 Å². The maximum atomic E-state index is 12.4. The van der Waals surface area contributed by atoms with E-state index in [9.17, 15) is 8.42 Å². The van der Waals surface area contributed by atoms with Crippen molar-refractivity contribution in [3.8, 4) is 0 Å². The topological polar surface area (TPSA) is 43.9 Å². The van der Waals surface area contributed by atoms with E-state index in [1.807, 2.05) is 5.38 Å². The van der Waals surface area contributed by atoms with Gasteiger partial charge in [0.15, 0.2) is 0 Å². The minimum atomic E-state index is -3.26. The molecule has 0 saturated carbocycles. The molecule has 0 aromatic carbocycles. The van der Waals surface area contributed by atoms with E-state index >= 15 is 0 Å². The van der Waals surface area contributed by atoms with Crippen molar-refractivity contribution < 1.29 is 8.42 Å². The highest BCUT2D eigenvalue weighted by atomic mass is 32.2. The molecule has 0 atom stereocenters. The summed E-state index contributed by atoms with van der Waals surface area (Å²) in [5.74, 6) is 0. The summed E-state index contributed by atoms with van der Waals surface area (Å²) in [4.78, 5) is 4.53. The lowest BCUT2D eigenvalue weighted by Crippen LogP contribution is -2.48. The van der Waals surface area contributed by atoms with Crippen molar-refractivity contribution in [3.05, 3.63) is 17.5 Å². The fourth-order valence-corrected chi connectivity index (χ4v) is 4.91. The van der Waals surface area contributed by atoms with Gasteiger partial charge in [-0.2, -0.15) is 4.31 Å². The fourth-order valence-electron chi connectivity index (χ4n) is 2.34. The van der Waals surface area contributed by atoms with Crippen LogP contribution < -0.4 is 0 Å². The molecule has 0 unspecified atom stereocenters. The maximum Gasteiger partial charge on any atom is 0.252 e. The first kappa shape index (κ1) is 15.9. The molecule has 1 aliphatic rings. The minimum Gasteiger partial charge on any atom is -0.309 e. The zero-order valence-corrected chi connectivity index (χ0v) is 13.8. The van der Waals surface area contributed by atoms with Gasteiger partial charge in [0.05, 0.1) is 0 Å². The van der Waals surface area contributed by atoms with Crippen LogP contribution in [0.15, 0.2) is 21.7 Å². The fraction of sp³-hybridized carbons (Fsp3) is 0.692. The monoisotopic (exact) mass is 317 g/mol. The van der Waals surface area contributed by atoms with Crippen molar-refractivity contribution in [2.45, 2.75) is 10.6 Å². The summed E-state index contributed by atoms with van der Waals surface area (Å²) in [6, 6.07) is 3.47. The molecule has 0 bridgehead atoms. The molecule has 0 radical (unpaired) electrons. The van der Waals surface area contributed by atoms with Gasteiger partial charge in [0, 0.05) is 26.2 Å². The molecule has 7 heteroatoms. The molecular weight excluding hydrogens is 294 g/mol. The molecule has 1 saturated heterocycles. The van der Waals surface area contributed by atoms with Crippen LogP contribution in [-0.4, -0.2) is 75.9 Å². The first-order valence-electron chi connectivity index (χ1n) is 6.91. The quantitative estimate of drug-likeness (QED) is 0.785. The molecule has 1 aromatic heterocycles. The zero-order valence-electron chi connectivity index (χ0n) is 12.2. The van der Waals surface area contributed by atoms with Gasteiger partial charge in [0.2, 0.25) is 0 Å². The molecule has 1 fully saturated rings. The lowest BCUT2D eigenvalue weighted by molar-refractivity contribution is 0.181. The number of nitrogens with zero attached hydrogens (tertiary/aromatic N) is 3. The summed E-state index contributed by atoms with van der Waals surface area (Å²) < 4.78 is 26.8. The highest BCUT2D eigenvalue weighted by Gasteiger charge is 2.28. The molecule has 0 amide bonds. The Balaban J connectivity index is 1.82. The summed E-state index contributed by atoms with van der Waals surface area (Å²) in [7, 11) is 0.891. The van der Waals surface area contributed by atoms with E-state index in [1.54, 1.807) is 16.4 Å². The van der Waals surface area contributed by atoms with E-state index in [1.165, 1.54) is 11.3 Å². The largest absolute Gasteiger partial charge is 0.309 e. The summed E-state index contributed by atoms with van der Waals surface area (Å²) in [6.07, 6.45) is 1.13. The van der Waals surface area contributed by atoms with Crippen LogP contribution in [0.5, 0.6) is 0 Å². The zero-order chi connectivity index (χ0) is 14.6. The summed E-state index contributed by atoms with van der Waals surface area (Å²) in [5.41, 5.74) is 0. The van der Waals surface area contributed by atoms with Crippen LogP contribution in [-0.2, 0) is 10.0 Å². The Hall–Kier alpha value is -0.470. The van der Waals surface area contributed by atoms with Crippen molar-refractivity contribution in [3.63, 3.8) is 0 Å². The van der Waals surface area contributed by atoms with Crippen LogP contribution in [0.25, 0.3) is 0 Å². The van der Waals surface area contributed by atoms with Gasteiger partial charge in [-0.05, 0) is 45.1 Å². The Morgan fingerprint density at radius 1 is 1.25 bits per heavy atom. The van der Waals surface area contributed by atoms with Gasteiger partial charge >= 0.3 is 0 Å². The highest BCUT2D eigenvalue weighted by Crippen LogP contribution is 2.21. The van der Waals surface area contributed by atoms with E-state index < -0.39 is 10.0 Å². The van der Waals surface area contributed by atoms with Gasteiger partial charge in [-0.1, -0.05) is 6.07 Å². The average molecular weight is 317 g/mol. The first-order chi connectivity index (χ1) is 9.50. The summed E-state index contributed by atoms with van der Waals surface area (Å²) in [5, 5.41) is 1.81. The number of sulfonamides is 1. The van der Waals surface area contributed by atoms with E-state index in [-0.39, 0.29) is 0 Å². The molecule has 0 N–H and O–H groups in total. The lowest BCUT2D eigenvalue weighted by Gasteiger charge is -2.33. The van der Waals surface area contributed by atoms with Crippen LogP contribution >= 0.6 is 11.3 Å². The van der Waals surface area contributed by atoms with Gasteiger partial charge in [-0.15, -0.1) is 11.3 Å². The third-order valence-electron chi connectivity index (χ3n) is 3.50. The molecule has 1 aliphatic heterocycles. The number of rotatable bonds is 6. The lowest BCUT2D eigenvalue weighted by atomic mass is 10.3. The van der Waals surface area contributed by atoms with Gasteiger partial charge in [-0.3, -0.25) is 0 Å². The van der Waals surface area contributed by atoms with Crippen molar-refractivity contribution in [2.75, 3.05) is 53.4 Å². The summed E-state index contributed by atoms with van der Waals surface area (Å²) >= 11 is 1.29. The highest BCUT2D eigenvalue weighted by molar-refractivity contribution is 7.91. The number of hydrogen-bond acceptors (Lipinski definition) is 5. The van der Waals surface area contributed by atoms with Crippen LogP contribution in [0.1, 0.15) is 6.42 Å². The van der Waals surface area contributed by atoms with Crippen molar-refractivity contribution >= 4 is 21.4 Å². The van der Waals surface area contributed by atoms with Crippen LogP contribution in [0.3, 0.4) is 0 Å². The third-order valence-corrected chi connectivity index (χ3v) is 6.77. The van der Waals surface area contributed by atoms with Crippen molar-refractivity contribution in [2.24, 2.45) is 0 Å². The maximum absolute atomic E-state index is 12.4. The molecule has 0 aliphatic carbocycles. The predicted molar refractivity (Wildman–Crippen MR) is 82.7 cm³/mol. The van der Waals surface area contributed by atoms with Gasteiger partial charge in [0.25, 0.3) is 10.0 Å². The number of thiophene rings is 1. The molecular formula is C13H23N3O2S2. The smallest absolute Gasteiger partial charge is 0.252 e. The molecule has 2 heterocycles. The SMILES string of the molecule is CN(C)CCCN1CCN(S(=O)(=O)c2cccs2)CC1. The first-order valence-corrected chi connectivity index (χ1v) is 9.23. The average Bonchev–Trinajstić information content (AvgIpc) is 2.93. The Labute approximate surface area is 125 Å². The molecule has 20 heavy (non-hydrogen) atoms. The second-order valence-corrected chi connectivity index (χ2v) is 8.45. The van der Waals surface area contributed by atoms with Gasteiger partial charge < -0.3 is 9.80 Å². The van der Waals surface area contributed by atoms with Crippen molar-refractivity contribution in [1.82, 2.24) is 14.1 Å². The normalized spacial score (nSPS) is 18.8. The van der Waals surface area contributed by atoms with E-state index in [0.717, 1.165) is 32.6 Å². The third kappa shape index (κ3) is 4.02. The van der Waals surface area contributed by atoms with E-state index in [0.29, 0.717) is 17.3 Å². The molecule has 5 nitrogen and oxygen atoms in total. The van der Waals surface area contributed by atoms with E-state index in [4.69, 9.17) is 0 Å². The Morgan fingerprint density at radius 3 is 2.50 bits per heavy atom. The number of hydrogen-bond donors (Lipinski definition) is 0. The molecule has 1 aromatic rings. The Bertz CT molecular complexity index is 492. The standard InChI is InChI=1S/C13H23N3O2S2/c1-14(2)6-4-7-15-8-10-16(11-9-15)20(17,18)13-5-3-12-19-13/h3,5,12H,4,6-11H2,1-2H3. The molecule has 0 spiro atoms. The van der Waals surface area contributed by atoms with Crippen LogP contribution in [0.4, 0.5) is 0 Å². The minimum absolute atomic E-state index is 0.457. The Kier molecular flexibility index (Phi) is 5.57. The second kappa shape index (κ2) is 7.00. The van der Waals surface area contributed by atoms with Gasteiger partial charge in [-0.25, -0.2) is 8.42 Å². The molecule has 114 valence electrons. The van der Waals surface area contributed by atoms with Crippen molar-refractivity contribution in [1.29, 1.82) is 0 Å². The van der Waals surface area contributed by atoms with Crippen LogP contribution in [0, 0.1) is 0 Å². The van der Waals surface area contributed by atoms with E-state index in [2.05, 4.69) is 23.9 Å². The Morgan fingerprint density at radius 2 is 1.95 bits per heavy atom. The predicted octanol–water partition coefficient (Wildman–Crippen LogP) is 1.01. The second-order valence-electron chi connectivity index (χ2n) is 5.33.